The molecule has 0 saturated carbocycles. The Morgan fingerprint density at radius 1 is 0.722 bits per heavy atom. The van der Waals surface area contributed by atoms with Crippen LogP contribution in [-0.4, -0.2) is 23.4 Å². The van der Waals surface area contributed by atoms with Gasteiger partial charge in [0.25, 0.3) is 0 Å². The molecule has 0 saturated heterocycles. The summed E-state index contributed by atoms with van der Waals surface area (Å²) in [5.41, 5.74) is 5.61. The van der Waals surface area contributed by atoms with Crippen LogP contribution < -0.4 is 0 Å². The Labute approximate surface area is 111 Å². The van der Waals surface area contributed by atoms with Gasteiger partial charge in [-0.2, -0.15) is 0 Å². The first-order chi connectivity index (χ1) is 8.70. The summed E-state index contributed by atoms with van der Waals surface area (Å²) in [7, 11) is 0. The van der Waals surface area contributed by atoms with Crippen molar-refractivity contribution in [2.75, 3.05) is 13.2 Å². The molecule has 18 heavy (non-hydrogen) atoms. The predicted octanol–water partition coefficient (Wildman–Crippen LogP) is 2.93. The standard InChI is InChI=1S/C16H26O2/c1-13-14(2)16(8-4-6-12-18)10-9-15(13)7-3-5-11-17/h9-10,17-18H,3-8,11-12H2,1-2H3. The molecule has 1 aromatic carbocycles. The maximum Gasteiger partial charge on any atom is 0.0431 e. The van der Waals surface area contributed by atoms with E-state index in [1.54, 1.807) is 0 Å². The minimum atomic E-state index is 0.289. The van der Waals surface area contributed by atoms with Gasteiger partial charge in [0.1, 0.15) is 0 Å². The smallest absolute Gasteiger partial charge is 0.0431 e. The fourth-order valence-electron chi connectivity index (χ4n) is 2.33. The number of hydrogen-bond donors (Lipinski definition) is 2. The summed E-state index contributed by atoms with van der Waals surface area (Å²) in [4.78, 5) is 0. The molecule has 0 aliphatic heterocycles. The van der Waals surface area contributed by atoms with Crippen LogP contribution in [0, 0.1) is 13.8 Å². The van der Waals surface area contributed by atoms with Crippen molar-refractivity contribution in [1.29, 1.82) is 0 Å². The quantitative estimate of drug-likeness (QED) is 0.696. The molecule has 2 nitrogen and oxygen atoms in total. The summed E-state index contributed by atoms with van der Waals surface area (Å²) in [6.07, 6.45) is 6.00. The maximum absolute atomic E-state index is 8.81. The third kappa shape index (κ3) is 4.43. The maximum atomic E-state index is 8.81. The Morgan fingerprint density at radius 2 is 1.11 bits per heavy atom. The molecule has 0 spiro atoms. The average Bonchev–Trinajstić information content (AvgIpc) is 2.37. The van der Waals surface area contributed by atoms with E-state index in [9.17, 15) is 0 Å². The summed E-state index contributed by atoms with van der Waals surface area (Å²) in [5.74, 6) is 0. The van der Waals surface area contributed by atoms with Crippen molar-refractivity contribution in [3.63, 3.8) is 0 Å². The van der Waals surface area contributed by atoms with Crippen LogP contribution in [0.4, 0.5) is 0 Å². The first-order valence-electron chi connectivity index (χ1n) is 7.00. The Bertz CT molecular complexity index is 323. The topological polar surface area (TPSA) is 40.5 Å². The zero-order valence-corrected chi connectivity index (χ0v) is 11.7. The highest BCUT2D eigenvalue weighted by atomic mass is 16.3. The van der Waals surface area contributed by atoms with Gasteiger partial charge in [-0.25, -0.2) is 0 Å². The summed E-state index contributed by atoms with van der Waals surface area (Å²) < 4.78 is 0. The second kappa shape index (κ2) is 8.28. The van der Waals surface area contributed by atoms with Crippen molar-refractivity contribution in [1.82, 2.24) is 0 Å². The Kier molecular flexibility index (Phi) is 6.99. The summed E-state index contributed by atoms with van der Waals surface area (Å²) in [6, 6.07) is 4.46. The van der Waals surface area contributed by atoms with E-state index in [4.69, 9.17) is 10.2 Å². The fourth-order valence-corrected chi connectivity index (χ4v) is 2.33. The molecule has 0 heterocycles. The van der Waals surface area contributed by atoms with Gasteiger partial charge >= 0.3 is 0 Å². The molecule has 2 N–H and O–H groups in total. The van der Waals surface area contributed by atoms with E-state index in [0.717, 1.165) is 38.5 Å². The van der Waals surface area contributed by atoms with Gasteiger partial charge in [0.2, 0.25) is 0 Å². The van der Waals surface area contributed by atoms with E-state index in [1.165, 1.54) is 22.3 Å². The molecule has 0 atom stereocenters. The van der Waals surface area contributed by atoms with Crippen LogP contribution in [0.3, 0.4) is 0 Å². The highest BCUT2D eigenvalue weighted by molar-refractivity contribution is 5.39. The van der Waals surface area contributed by atoms with Crippen molar-refractivity contribution in [2.24, 2.45) is 0 Å². The minimum Gasteiger partial charge on any atom is -0.396 e. The van der Waals surface area contributed by atoms with E-state index in [0.29, 0.717) is 0 Å². The summed E-state index contributed by atoms with van der Waals surface area (Å²) in [5, 5.41) is 17.6. The molecule has 2 heteroatoms. The highest BCUT2D eigenvalue weighted by Gasteiger charge is 2.06. The first-order valence-corrected chi connectivity index (χ1v) is 7.00. The lowest BCUT2D eigenvalue weighted by Gasteiger charge is -2.13. The molecule has 0 radical (unpaired) electrons. The normalized spacial score (nSPS) is 10.9. The van der Waals surface area contributed by atoms with Gasteiger partial charge < -0.3 is 10.2 Å². The number of aliphatic hydroxyl groups excluding tert-OH is 2. The highest BCUT2D eigenvalue weighted by Crippen LogP contribution is 2.21. The number of hydrogen-bond acceptors (Lipinski definition) is 2. The lowest BCUT2D eigenvalue weighted by Crippen LogP contribution is -1.99. The van der Waals surface area contributed by atoms with Gasteiger partial charge in [0.15, 0.2) is 0 Å². The number of benzene rings is 1. The SMILES string of the molecule is Cc1c(CCCCO)ccc(CCCCO)c1C. The van der Waals surface area contributed by atoms with Gasteiger partial charge in [0, 0.05) is 13.2 Å². The lowest BCUT2D eigenvalue weighted by atomic mass is 9.93. The summed E-state index contributed by atoms with van der Waals surface area (Å²) in [6.45, 7) is 4.97. The Balaban J connectivity index is 2.65. The van der Waals surface area contributed by atoms with Gasteiger partial charge in [-0.15, -0.1) is 0 Å². The van der Waals surface area contributed by atoms with Gasteiger partial charge in [-0.1, -0.05) is 12.1 Å². The minimum absolute atomic E-state index is 0.289. The molecule has 1 aromatic rings. The second-order valence-corrected chi connectivity index (χ2v) is 5.00. The predicted molar refractivity (Wildman–Crippen MR) is 76.0 cm³/mol. The van der Waals surface area contributed by atoms with E-state index in [2.05, 4.69) is 26.0 Å². The molecule has 0 fully saturated rings. The third-order valence-corrected chi connectivity index (χ3v) is 3.72. The molecule has 0 aromatic heterocycles. The Hall–Kier alpha value is -0.860. The van der Waals surface area contributed by atoms with E-state index in [-0.39, 0.29) is 13.2 Å². The molecular formula is C16H26O2. The van der Waals surface area contributed by atoms with Gasteiger partial charge in [0.05, 0.1) is 0 Å². The van der Waals surface area contributed by atoms with Crippen LogP contribution in [0.2, 0.25) is 0 Å². The molecule has 0 aliphatic rings. The first kappa shape index (κ1) is 15.2. The van der Waals surface area contributed by atoms with Crippen LogP contribution >= 0.6 is 0 Å². The van der Waals surface area contributed by atoms with Crippen LogP contribution in [0.5, 0.6) is 0 Å². The zero-order chi connectivity index (χ0) is 13.4. The Morgan fingerprint density at radius 3 is 1.44 bits per heavy atom. The molecule has 0 aliphatic carbocycles. The lowest BCUT2D eigenvalue weighted by molar-refractivity contribution is 0.284. The summed E-state index contributed by atoms with van der Waals surface area (Å²) >= 11 is 0. The van der Waals surface area contributed by atoms with E-state index in [1.807, 2.05) is 0 Å². The molecule has 0 bridgehead atoms. The molecular weight excluding hydrogens is 224 g/mol. The van der Waals surface area contributed by atoms with Crippen LogP contribution in [0.25, 0.3) is 0 Å². The largest absolute Gasteiger partial charge is 0.396 e. The van der Waals surface area contributed by atoms with Crippen molar-refractivity contribution in [2.45, 2.75) is 52.4 Å². The monoisotopic (exact) mass is 250 g/mol. The van der Waals surface area contributed by atoms with E-state index < -0.39 is 0 Å². The molecule has 0 unspecified atom stereocenters. The van der Waals surface area contributed by atoms with E-state index >= 15 is 0 Å². The van der Waals surface area contributed by atoms with Crippen molar-refractivity contribution in [3.8, 4) is 0 Å². The molecule has 102 valence electrons. The van der Waals surface area contributed by atoms with Crippen LogP contribution in [0.1, 0.15) is 47.9 Å². The van der Waals surface area contributed by atoms with Crippen molar-refractivity contribution >= 4 is 0 Å². The number of aliphatic hydroxyl groups is 2. The number of unbranched alkanes of at least 4 members (excludes halogenated alkanes) is 2. The van der Waals surface area contributed by atoms with Crippen molar-refractivity contribution < 1.29 is 10.2 Å². The second-order valence-electron chi connectivity index (χ2n) is 5.00. The van der Waals surface area contributed by atoms with Crippen LogP contribution in [-0.2, 0) is 12.8 Å². The number of aryl methyl sites for hydroxylation is 2. The fraction of sp³-hybridized carbons (Fsp3) is 0.625. The zero-order valence-electron chi connectivity index (χ0n) is 11.7. The molecule has 0 amide bonds. The van der Waals surface area contributed by atoms with Crippen LogP contribution in [0.15, 0.2) is 12.1 Å². The third-order valence-electron chi connectivity index (χ3n) is 3.72. The van der Waals surface area contributed by atoms with Gasteiger partial charge in [-0.05, 0) is 74.6 Å². The average molecular weight is 250 g/mol. The van der Waals surface area contributed by atoms with Crippen molar-refractivity contribution in [3.05, 3.63) is 34.4 Å². The molecule has 1 rings (SSSR count). The number of rotatable bonds is 8. The van der Waals surface area contributed by atoms with Gasteiger partial charge in [-0.3, -0.25) is 0 Å².